The van der Waals surface area contributed by atoms with Crippen molar-refractivity contribution >= 4 is 11.9 Å². The van der Waals surface area contributed by atoms with Gasteiger partial charge in [0.2, 0.25) is 5.78 Å². The first kappa shape index (κ1) is 12.8. The van der Waals surface area contributed by atoms with Gasteiger partial charge in [0.25, 0.3) is 0 Å². The Morgan fingerprint density at radius 2 is 2.10 bits per heavy atom. The predicted molar refractivity (Wildman–Crippen MR) is 73.4 cm³/mol. The lowest BCUT2D eigenvalue weighted by molar-refractivity contribution is 0.0830. The molecule has 1 aliphatic rings. The summed E-state index contributed by atoms with van der Waals surface area (Å²) >= 11 is 0. The number of hydrogen-bond donors (Lipinski definition) is 2. The first-order valence-electron chi connectivity index (χ1n) is 6.33. The second kappa shape index (κ2) is 4.44. The summed E-state index contributed by atoms with van der Waals surface area (Å²) in [6, 6.07) is 6.96. The van der Waals surface area contributed by atoms with Crippen LogP contribution in [0.3, 0.4) is 0 Å². The molecule has 1 atom stereocenters. The van der Waals surface area contributed by atoms with Crippen LogP contribution in [0, 0.1) is 0 Å². The Kier molecular flexibility index (Phi) is 2.85. The quantitative estimate of drug-likeness (QED) is 0.876. The van der Waals surface area contributed by atoms with Gasteiger partial charge in [-0.3, -0.25) is 4.79 Å². The summed E-state index contributed by atoms with van der Waals surface area (Å²) < 4.78 is 5.35. The summed E-state index contributed by atoms with van der Waals surface area (Å²) in [4.78, 5) is 12.4. The van der Waals surface area contributed by atoms with Gasteiger partial charge < -0.3 is 14.6 Å². The Hall–Kier alpha value is -2.17. The molecular formula is C16H14O4. The van der Waals surface area contributed by atoms with Gasteiger partial charge in [-0.15, -0.1) is 0 Å². The summed E-state index contributed by atoms with van der Waals surface area (Å²) in [6.45, 7) is 1.52. The molecule has 2 aromatic rings. The lowest BCUT2D eigenvalue weighted by Crippen LogP contribution is -2.32. The second-order valence-electron chi connectivity index (χ2n) is 4.93. The van der Waals surface area contributed by atoms with Gasteiger partial charge in [0.05, 0.1) is 12.9 Å². The minimum Gasteiger partial charge on any atom is -0.460 e. The molecule has 4 heteroatoms. The largest absolute Gasteiger partial charge is 0.460 e. The molecule has 1 aromatic heterocycles. The van der Waals surface area contributed by atoms with Crippen LogP contribution in [0.4, 0.5) is 0 Å². The molecule has 0 aliphatic heterocycles. The van der Waals surface area contributed by atoms with Crippen molar-refractivity contribution in [2.75, 3.05) is 6.61 Å². The summed E-state index contributed by atoms with van der Waals surface area (Å²) in [7, 11) is 0. The third-order valence-electron chi connectivity index (χ3n) is 3.61. The molecule has 0 spiro atoms. The molecule has 0 fully saturated rings. The molecule has 1 heterocycles. The first-order chi connectivity index (χ1) is 9.57. The van der Waals surface area contributed by atoms with E-state index in [9.17, 15) is 9.90 Å². The molecule has 3 rings (SSSR count). The molecule has 0 radical (unpaired) electrons. The highest BCUT2D eigenvalue weighted by Crippen LogP contribution is 2.42. The number of carbonyl (C=O) groups excluding carboxylic acids is 1. The van der Waals surface area contributed by atoms with E-state index in [1.165, 1.54) is 12.3 Å². The topological polar surface area (TPSA) is 70.7 Å². The van der Waals surface area contributed by atoms with Crippen molar-refractivity contribution in [1.82, 2.24) is 0 Å². The van der Waals surface area contributed by atoms with Crippen LogP contribution in [0.2, 0.25) is 0 Å². The average molecular weight is 270 g/mol. The number of fused-ring (bicyclic) bond motifs is 2. The van der Waals surface area contributed by atoms with E-state index < -0.39 is 5.60 Å². The van der Waals surface area contributed by atoms with Gasteiger partial charge in [0.1, 0.15) is 5.60 Å². The Morgan fingerprint density at radius 3 is 2.85 bits per heavy atom. The van der Waals surface area contributed by atoms with E-state index in [2.05, 4.69) is 0 Å². The number of carbonyl (C=O) groups is 1. The molecule has 102 valence electrons. The number of benzene rings is 1. The Labute approximate surface area is 116 Å². The van der Waals surface area contributed by atoms with E-state index in [1.807, 2.05) is 0 Å². The Morgan fingerprint density at radius 1 is 1.35 bits per heavy atom. The van der Waals surface area contributed by atoms with Crippen molar-refractivity contribution in [2.24, 2.45) is 0 Å². The zero-order chi connectivity index (χ0) is 14.3. The highest BCUT2D eigenvalue weighted by atomic mass is 16.3. The average Bonchev–Trinajstić information content (AvgIpc) is 2.88. The fourth-order valence-corrected chi connectivity index (χ4v) is 2.71. The smallest absolute Gasteiger partial charge is 0.229 e. The zero-order valence-electron chi connectivity index (χ0n) is 11.0. The highest BCUT2D eigenvalue weighted by molar-refractivity contribution is 6.11. The molecule has 20 heavy (non-hydrogen) atoms. The van der Waals surface area contributed by atoms with Gasteiger partial charge in [-0.05, 0) is 12.5 Å². The maximum atomic E-state index is 12.4. The number of rotatable bonds is 2. The van der Waals surface area contributed by atoms with Gasteiger partial charge in [-0.2, -0.15) is 0 Å². The van der Waals surface area contributed by atoms with Crippen LogP contribution in [-0.2, 0) is 5.60 Å². The lowest BCUT2D eigenvalue weighted by Gasteiger charge is -2.30. The van der Waals surface area contributed by atoms with Crippen molar-refractivity contribution in [3.8, 4) is 0 Å². The maximum absolute atomic E-state index is 12.4. The van der Waals surface area contributed by atoms with Gasteiger partial charge in [0.15, 0.2) is 5.76 Å². The van der Waals surface area contributed by atoms with Crippen LogP contribution >= 0.6 is 0 Å². The summed E-state index contributed by atoms with van der Waals surface area (Å²) in [5.41, 5.74) is 0.768. The van der Waals surface area contributed by atoms with Crippen molar-refractivity contribution < 1.29 is 19.4 Å². The monoisotopic (exact) mass is 270 g/mol. The molecule has 0 saturated carbocycles. The van der Waals surface area contributed by atoms with Gasteiger partial charge in [-0.1, -0.05) is 36.4 Å². The maximum Gasteiger partial charge on any atom is 0.229 e. The molecule has 4 nitrogen and oxygen atoms in total. The van der Waals surface area contributed by atoms with E-state index in [0.29, 0.717) is 22.3 Å². The van der Waals surface area contributed by atoms with E-state index in [4.69, 9.17) is 9.52 Å². The second-order valence-corrected chi connectivity index (χ2v) is 4.93. The predicted octanol–water partition coefficient (Wildman–Crippen LogP) is 2.09. The van der Waals surface area contributed by atoms with Crippen LogP contribution in [-0.4, -0.2) is 22.6 Å². The lowest BCUT2D eigenvalue weighted by atomic mass is 9.77. The van der Waals surface area contributed by atoms with Crippen molar-refractivity contribution in [2.45, 2.75) is 12.5 Å². The first-order valence-corrected chi connectivity index (χ1v) is 6.33. The number of aliphatic hydroxyl groups is 2. The number of aliphatic hydroxyl groups excluding tert-OH is 1. The van der Waals surface area contributed by atoms with Crippen LogP contribution in [0.15, 0.2) is 41.0 Å². The van der Waals surface area contributed by atoms with Crippen LogP contribution in [0.5, 0.6) is 0 Å². The van der Waals surface area contributed by atoms with Crippen molar-refractivity contribution in [3.05, 3.63) is 64.6 Å². The molecule has 0 bridgehead atoms. The van der Waals surface area contributed by atoms with Crippen molar-refractivity contribution in [1.29, 1.82) is 0 Å². The molecule has 0 amide bonds. The number of hydrogen-bond acceptors (Lipinski definition) is 4. The third-order valence-corrected chi connectivity index (χ3v) is 3.61. The molecule has 1 unspecified atom stereocenters. The normalized spacial score (nSPS) is 21.1. The minimum atomic E-state index is -1.30. The third kappa shape index (κ3) is 1.66. The number of furan rings is 1. The summed E-state index contributed by atoms with van der Waals surface area (Å²) in [6.07, 6.45) is 4.60. The van der Waals surface area contributed by atoms with Gasteiger partial charge >= 0.3 is 0 Å². The SMILES string of the molecule is CC1(O)c2ccccc2C(=O)c2occ(/C=C\CO)c21. The zero-order valence-corrected chi connectivity index (χ0v) is 11.0. The molecule has 2 N–H and O–H groups in total. The fraction of sp³-hybridized carbons (Fsp3) is 0.188. The summed E-state index contributed by atoms with van der Waals surface area (Å²) in [5, 5.41) is 19.7. The van der Waals surface area contributed by atoms with Crippen LogP contribution in [0.1, 0.15) is 39.7 Å². The fourth-order valence-electron chi connectivity index (χ4n) is 2.71. The molecule has 0 saturated heterocycles. The van der Waals surface area contributed by atoms with Gasteiger partial charge in [-0.25, -0.2) is 0 Å². The highest BCUT2D eigenvalue weighted by Gasteiger charge is 2.42. The van der Waals surface area contributed by atoms with Gasteiger partial charge in [0, 0.05) is 16.7 Å². The van der Waals surface area contributed by atoms with Crippen LogP contribution < -0.4 is 0 Å². The Bertz CT molecular complexity index is 707. The van der Waals surface area contributed by atoms with E-state index >= 15 is 0 Å². The molecular weight excluding hydrogens is 256 g/mol. The van der Waals surface area contributed by atoms with E-state index in [1.54, 1.807) is 37.3 Å². The van der Waals surface area contributed by atoms with E-state index in [-0.39, 0.29) is 18.2 Å². The number of ketones is 1. The molecule has 1 aromatic carbocycles. The minimum absolute atomic E-state index is 0.118. The molecule has 1 aliphatic carbocycles. The Balaban J connectivity index is 2.26. The van der Waals surface area contributed by atoms with E-state index in [0.717, 1.165) is 0 Å². The van der Waals surface area contributed by atoms with Crippen molar-refractivity contribution in [3.63, 3.8) is 0 Å². The van der Waals surface area contributed by atoms with Crippen LogP contribution in [0.25, 0.3) is 6.08 Å². The summed E-state index contributed by atoms with van der Waals surface area (Å²) in [5.74, 6) is -0.0722. The standard InChI is InChI=1S/C16H14O4/c1-16(19)12-7-3-2-6-11(12)14(18)15-13(16)10(9-20-15)5-4-8-17/h2-7,9,17,19H,8H2,1H3/b5-4-.